The van der Waals surface area contributed by atoms with Crippen molar-refractivity contribution in [1.82, 2.24) is 4.72 Å². The average molecular weight is 775 g/mol. The number of ether oxygens (including phenoxy) is 1. The van der Waals surface area contributed by atoms with E-state index in [1.165, 1.54) is 0 Å². The van der Waals surface area contributed by atoms with Gasteiger partial charge in [0.15, 0.2) is 28.2 Å². The van der Waals surface area contributed by atoms with Crippen molar-refractivity contribution >= 4 is 83.8 Å². The molecule has 29 heavy (non-hydrogen) atoms. The molecule has 1 aliphatic rings. The van der Waals surface area contributed by atoms with Gasteiger partial charge in [-0.25, -0.2) is 35.1 Å². The van der Waals surface area contributed by atoms with Gasteiger partial charge in [0.2, 0.25) is 15.8 Å². The van der Waals surface area contributed by atoms with Crippen LogP contribution < -0.4 is 4.72 Å². The zero-order valence-electron chi connectivity index (χ0n) is 13.8. The van der Waals surface area contributed by atoms with Crippen molar-refractivity contribution in [2.45, 2.75) is 8.82 Å². The van der Waals surface area contributed by atoms with E-state index in [0.29, 0.717) is 0 Å². The summed E-state index contributed by atoms with van der Waals surface area (Å²) < 4.78 is 98.8. The van der Waals surface area contributed by atoms with Gasteiger partial charge in [0, 0.05) is 13.7 Å². The number of nitrogens with one attached hydrogen (secondary N) is 1. The maximum Gasteiger partial charge on any atom is 0.314 e. The Kier molecular flexibility index (Phi) is 8.71. The first-order valence-electron chi connectivity index (χ1n) is 7.44. The predicted molar refractivity (Wildman–Crippen MR) is 118 cm³/mol. The Morgan fingerprint density at radius 3 is 2.10 bits per heavy atom. The molecule has 0 aromatic heterocycles. The largest absolute Gasteiger partial charge is 0.464 e. The number of hydrogen-bond donors (Lipinski definition) is 1. The summed E-state index contributed by atoms with van der Waals surface area (Å²) in [6.45, 7) is -1.15. The number of allylic oxidation sites excluding steroid dienone is 3. The third-order valence-corrected chi connectivity index (χ3v) is 9.31. The monoisotopic (exact) mass is 775 g/mol. The number of halogens is 8. The highest BCUT2D eigenvalue weighted by Crippen LogP contribution is 2.36. The Bertz CT molecular complexity index is 987. The summed E-state index contributed by atoms with van der Waals surface area (Å²) in [6.07, 6.45) is 3.54. The van der Waals surface area contributed by atoms with Crippen LogP contribution in [0.2, 0.25) is 0 Å². The third kappa shape index (κ3) is 5.59. The highest BCUT2D eigenvalue weighted by atomic mass is 127. The first-order valence-corrected chi connectivity index (χ1v) is 12.3. The molecule has 0 aliphatic heterocycles. The quantitative estimate of drug-likeness (QED) is 0.0893. The van der Waals surface area contributed by atoms with E-state index in [4.69, 9.17) is 4.74 Å². The molecule has 2 atom stereocenters. The number of sulfonamides is 1. The molecule has 0 heterocycles. The Labute approximate surface area is 203 Å². The molecule has 1 aliphatic carbocycles. The Hall–Kier alpha value is -0.0800. The lowest BCUT2D eigenvalue weighted by molar-refractivity contribution is -0.146. The van der Waals surface area contributed by atoms with E-state index in [1.54, 1.807) is 10.8 Å². The number of carbonyl (C=O) groups is 1. The van der Waals surface area contributed by atoms with Gasteiger partial charge in [-0.2, -0.15) is 0 Å². The molecule has 1 aromatic rings. The van der Waals surface area contributed by atoms with E-state index in [9.17, 15) is 35.2 Å². The average Bonchev–Trinajstić information content (AvgIpc) is 2.64. The molecule has 5 nitrogen and oxygen atoms in total. The first-order chi connectivity index (χ1) is 13.4. The second kappa shape index (κ2) is 10.0. The molecular weight excluding hydrogens is 766 g/mol. The van der Waals surface area contributed by atoms with Crippen molar-refractivity contribution < 1.29 is 39.9 Å². The minimum atomic E-state index is -5.10. The topological polar surface area (TPSA) is 72.5 Å². The van der Waals surface area contributed by atoms with E-state index in [2.05, 4.69) is 22.6 Å². The van der Waals surface area contributed by atoms with Gasteiger partial charge in [-0.3, -0.25) is 4.79 Å². The van der Waals surface area contributed by atoms with Crippen LogP contribution in [0.3, 0.4) is 0 Å². The fraction of sp³-hybridized carbons (Fsp3) is 0.267. The van der Waals surface area contributed by atoms with E-state index < -0.39 is 69.0 Å². The molecule has 0 amide bonds. The Balaban J connectivity index is 2.05. The molecule has 14 heteroatoms. The first kappa shape index (κ1) is 25.2. The zero-order chi connectivity index (χ0) is 22.1. The van der Waals surface area contributed by atoms with Gasteiger partial charge in [0.25, 0.3) is 0 Å². The van der Waals surface area contributed by atoms with Crippen molar-refractivity contribution in [3.8, 4) is 0 Å². The molecule has 0 fully saturated rings. The van der Waals surface area contributed by atoms with Crippen LogP contribution in [0, 0.1) is 35.0 Å². The highest BCUT2D eigenvalue weighted by Gasteiger charge is 2.34. The number of hydrogen-bond acceptors (Lipinski definition) is 4. The molecule has 1 N–H and O–H groups in total. The second-order valence-corrected chi connectivity index (χ2v) is 11.0. The molecule has 2 unspecified atom stereocenters. The lowest BCUT2D eigenvalue weighted by Gasteiger charge is -2.22. The second-order valence-electron chi connectivity index (χ2n) is 5.47. The van der Waals surface area contributed by atoms with E-state index >= 15 is 0 Å². The van der Waals surface area contributed by atoms with Crippen molar-refractivity contribution in [3.63, 3.8) is 0 Å². The fourth-order valence-corrected chi connectivity index (χ4v) is 6.06. The van der Waals surface area contributed by atoms with E-state index in [0.717, 1.165) is 7.16 Å². The van der Waals surface area contributed by atoms with Gasteiger partial charge in [0.05, 0.1) is 9.84 Å². The van der Waals surface area contributed by atoms with Crippen LogP contribution in [-0.4, -0.2) is 31.5 Å². The van der Waals surface area contributed by atoms with Crippen LogP contribution in [0.1, 0.15) is 0 Å². The van der Waals surface area contributed by atoms with Gasteiger partial charge in [0.1, 0.15) is 6.61 Å². The standard InChI is InChI=1S/C15H9F5I3NO4S/c16-8-9(17)11(19)14(12(20)10(8)18)29(26,27)24-1-2-28-15(25)6-3-5(21)4-7(22)13(6)23/h3-4,6,13,24H,1-2H2. The summed E-state index contributed by atoms with van der Waals surface area (Å²) in [5.74, 6) is -13.5. The number of esters is 1. The number of rotatable bonds is 6. The smallest absolute Gasteiger partial charge is 0.314 e. The SMILES string of the molecule is O=C(OCCNS(=O)(=O)c1c(F)c(F)c(F)c(F)c1F)C1C=C(I)C=C(I)C1I. The lowest BCUT2D eigenvalue weighted by Crippen LogP contribution is -2.32. The third-order valence-electron chi connectivity index (χ3n) is 3.54. The van der Waals surface area contributed by atoms with Gasteiger partial charge in [-0.15, -0.1) is 0 Å². The summed E-state index contributed by atoms with van der Waals surface area (Å²) in [6, 6.07) is 0. The highest BCUT2D eigenvalue weighted by molar-refractivity contribution is 14.1. The maximum atomic E-state index is 13.7. The van der Waals surface area contributed by atoms with E-state index in [-0.39, 0.29) is 3.92 Å². The summed E-state index contributed by atoms with van der Waals surface area (Å²) in [5.41, 5.74) is 0. The molecule has 2 rings (SSSR count). The van der Waals surface area contributed by atoms with Gasteiger partial charge >= 0.3 is 5.97 Å². The van der Waals surface area contributed by atoms with Crippen LogP contribution in [0.15, 0.2) is 24.2 Å². The number of alkyl halides is 1. The minimum absolute atomic E-state index is 0.190. The summed E-state index contributed by atoms with van der Waals surface area (Å²) in [7, 11) is -5.10. The summed E-state index contributed by atoms with van der Waals surface area (Å²) >= 11 is 6.14. The molecule has 160 valence electrons. The van der Waals surface area contributed by atoms with E-state index in [1.807, 2.05) is 51.3 Å². The van der Waals surface area contributed by atoms with Crippen LogP contribution in [0.25, 0.3) is 0 Å². The van der Waals surface area contributed by atoms with Crippen LogP contribution in [0.4, 0.5) is 22.0 Å². The van der Waals surface area contributed by atoms with Crippen molar-refractivity contribution in [2.24, 2.45) is 5.92 Å². The maximum absolute atomic E-state index is 13.7. The van der Waals surface area contributed by atoms with Crippen LogP contribution in [-0.2, 0) is 19.6 Å². The number of carbonyl (C=O) groups excluding carboxylic acids is 1. The molecule has 0 saturated carbocycles. The van der Waals surface area contributed by atoms with Crippen molar-refractivity contribution in [2.75, 3.05) is 13.2 Å². The Morgan fingerprint density at radius 1 is 1.03 bits per heavy atom. The van der Waals surface area contributed by atoms with Crippen LogP contribution in [0.5, 0.6) is 0 Å². The molecule has 1 aromatic carbocycles. The fourth-order valence-electron chi connectivity index (χ4n) is 2.19. The van der Waals surface area contributed by atoms with Crippen molar-refractivity contribution in [3.05, 3.63) is 48.4 Å². The Morgan fingerprint density at radius 2 is 1.55 bits per heavy atom. The van der Waals surface area contributed by atoms with Crippen molar-refractivity contribution in [1.29, 1.82) is 0 Å². The minimum Gasteiger partial charge on any atom is -0.464 e. The molecule has 0 saturated heterocycles. The molecule has 0 radical (unpaired) electrons. The molecule has 0 spiro atoms. The predicted octanol–water partition coefficient (Wildman–Crippen LogP) is 4.27. The molecular formula is C15H9F5I3NO4S. The zero-order valence-corrected chi connectivity index (χ0v) is 21.1. The lowest BCUT2D eigenvalue weighted by atomic mass is 10.0. The normalized spacial score (nSPS) is 19.6. The molecule has 0 bridgehead atoms. The van der Waals surface area contributed by atoms with Gasteiger partial charge in [-0.05, 0) is 51.3 Å². The van der Waals surface area contributed by atoms with Crippen LogP contribution >= 0.6 is 67.8 Å². The van der Waals surface area contributed by atoms with Gasteiger partial charge < -0.3 is 4.74 Å². The summed E-state index contributed by atoms with van der Waals surface area (Å²) in [4.78, 5) is 10.2. The summed E-state index contributed by atoms with van der Waals surface area (Å²) in [5, 5.41) is 0. The number of benzene rings is 1. The van der Waals surface area contributed by atoms with Gasteiger partial charge in [-0.1, -0.05) is 28.7 Å².